The minimum absolute atomic E-state index is 0.0454. The molecule has 12 heteroatoms. The van der Waals surface area contributed by atoms with Crippen molar-refractivity contribution < 1.29 is 29.0 Å². The molecule has 3 N–H and O–H groups in total. The fourth-order valence-corrected chi connectivity index (χ4v) is 4.54. The number of carbonyl (C=O) groups excluding carboxylic acids is 3. The number of aromatic nitrogens is 2. The Labute approximate surface area is 243 Å². The van der Waals surface area contributed by atoms with Crippen LogP contribution in [-0.2, 0) is 27.3 Å². The van der Waals surface area contributed by atoms with Gasteiger partial charge in [0.2, 0.25) is 11.8 Å². The van der Waals surface area contributed by atoms with Crippen molar-refractivity contribution in [2.75, 3.05) is 26.5 Å². The molecule has 0 spiro atoms. The summed E-state index contributed by atoms with van der Waals surface area (Å²) in [6.07, 6.45) is 3.59. The standard InChI is InChI=1S/C30H37N5O7/c1-19(2)16-20-10-8-11-21-17-22(35(26(20)21)30(40)41)18-34-15-9-13-24(28(34)38)31-27(37)23(32-29(39)42-5)12-6-7-14-25(36)33(3)4/h7-11,13-15,17,19,23H,6,12,16,18H2,1-5H3,(H,31,37)(H,32,39)(H,40,41). The third-order valence-electron chi connectivity index (χ3n) is 6.53. The molecule has 0 saturated carbocycles. The monoisotopic (exact) mass is 579 g/mol. The number of pyridine rings is 1. The minimum atomic E-state index is -1.16. The van der Waals surface area contributed by atoms with E-state index in [0.717, 1.165) is 18.1 Å². The van der Waals surface area contributed by atoms with Crippen molar-refractivity contribution in [1.29, 1.82) is 0 Å². The summed E-state index contributed by atoms with van der Waals surface area (Å²) in [6.45, 7) is 4.06. The van der Waals surface area contributed by atoms with E-state index in [2.05, 4.69) is 29.2 Å². The molecule has 3 aromatic rings. The van der Waals surface area contributed by atoms with E-state index in [1.54, 1.807) is 32.3 Å². The molecule has 3 amide bonds. The highest BCUT2D eigenvalue weighted by molar-refractivity contribution is 5.96. The number of hydrogen-bond donors (Lipinski definition) is 3. The first-order valence-electron chi connectivity index (χ1n) is 13.5. The van der Waals surface area contributed by atoms with Crippen LogP contribution in [0.4, 0.5) is 15.3 Å². The van der Waals surface area contributed by atoms with Crippen LogP contribution in [0.15, 0.2) is 59.5 Å². The van der Waals surface area contributed by atoms with E-state index in [4.69, 9.17) is 0 Å². The number of allylic oxidation sites excluding steroid dienone is 1. The first kappa shape index (κ1) is 31.7. The SMILES string of the molecule is COC(=O)NC(CCC=CC(=O)N(C)C)C(=O)Nc1cccn(Cc2cc3cccc(CC(C)C)c3n2C(=O)O)c1=O. The molecule has 0 aliphatic carbocycles. The highest BCUT2D eigenvalue weighted by Gasteiger charge is 2.23. The van der Waals surface area contributed by atoms with E-state index in [0.29, 0.717) is 30.0 Å². The summed E-state index contributed by atoms with van der Waals surface area (Å²) in [5.41, 5.74) is 1.28. The Balaban J connectivity index is 1.87. The number of methoxy groups -OCH3 is 1. The lowest BCUT2D eigenvalue weighted by Gasteiger charge is -2.17. The Bertz CT molecular complexity index is 1550. The van der Waals surface area contributed by atoms with E-state index >= 15 is 0 Å². The van der Waals surface area contributed by atoms with Crippen molar-refractivity contribution in [2.24, 2.45) is 5.92 Å². The van der Waals surface area contributed by atoms with Crippen LogP contribution in [0.2, 0.25) is 0 Å². The summed E-state index contributed by atoms with van der Waals surface area (Å²) in [4.78, 5) is 63.8. The van der Waals surface area contributed by atoms with Gasteiger partial charge in [-0.1, -0.05) is 38.1 Å². The summed E-state index contributed by atoms with van der Waals surface area (Å²) in [7, 11) is 4.39. The number of ether oxygens (including phenoxy) is 1. The van der Waals surface area contributed by atoms with Crippen LogP contribution in [0.25, 0.3) is 10.9 Å². The molecule has 2 heterocycles. The van der Waals surface area contributed by atoms with Gasteiger partial charge in [0.25, 0.3) is 5.56 Å². The highest BCUT2D eigenvalue weighted by atomic mass is 16.5. The Kier molecular flexibility index (Phi) is 10.7. The third kappa shape index (κ3) is 7.87. The number of likely N-dealkylation sites (N-methyl/N-ethyl adjacent to an activating group) is 1. The lowest BCUT2D eigenvalue weighted by atomic mass is 10.0. The number of anilines is 1. The highest BCUT2D eigenvalue weighted by Crippen LogP contribution is 2.26. The number of hydrogen-bond acceptors (Lipinski definition) is 6. The van der Waals surface area contributed by atoms with Gasteiger partial charge in [-0.05, 0) is 55.0 Å². The number of fused-ring (bicyclic) bond motifs is 1. The van der Waals surface area contributed by atoms with Crippen molar-refractivity contribution in [3.05, 3.63) is 76.4 Å². The molecular weight excluding hydrogens is 542 g/mol. The van der Waals surface area contributed by atoms with Crippen LogP contribution in [-0.4, -0.2) is 70.4 Å². The van der Waals surface area contributed by atoms with Gasteiger partial charge in [0, 0.05) is 25.7 Å². The molecule has 12 nitrogen and oxygen atoms in total. The minimum Gasteiger partial charge on any atom is -0.464 e. The van der Waals surface area contributed by atoms with Gasteiger partial charge in [-0.15, -0.1) is 0 Å². The van der Waals surface area contributed by atoms with Crippen LogP contribution in [0, 0.1) is 5.92 Å². The lowest BCUT2D eigenvalue weighted by Crippen LogP contribution is -2.44. The second-order valence-electron chi connectivity index (χ2n) is 10.5. The molecule has 224 valence electrons. The molecule has 0 aliphatic heterocycles. The Morgan fingerprint density at radius 3 is 2.50 bits per heavy atom. The number of carbonyl (C=O) groups is 4. The summed E-state index contributed by atoms with van der Waals surface area (Å²) in [5, 5.41) is 15.8. The van der Waals surface area contributed by atoms with Crippen LogP contribution in [0.3, 0.4) is 0 Å². The predicted molar refractivity (Wildman–Crippen MR) is 159 cm³/mol. The molecule has 0 bridgehead atoms. The molecule has 2 aromatic heterocycles. The second-order valence-corrected chi connectivity index (χ2v) is 10.5. The van der Waals surface area contributed by atoms with Crippen LogP contribution < -0.4 is 16.2 Å². The van der Waals surface area contributed by atoms with Crippen molar-refractivity contribution in [3.63, 3.8) is 0 Å². The maximum Gasteiger partial charge on any atom is 0.416 e. The average molecular weight is 580 g/mol. The number of amides is 3. The van der Waals surface area contributed by atoms with Gasteiger partial charge in [-0.3, -0.25) is 14.4 Å². The number of nitrogens with one attached hydrogen (secondary N) is 2. The van der Waals surface area contributed by atoms with Crippen molar-refractivity contribution >= 4 is 40.6 Å². The summed E-state index contributed by atoms with van der Waals surface area (Å²) in [6, 6.07) is 9.30. The fraction of sp³-hybridized carbons (Fsp3) is 0.367. The molecule has 1 unspecified atom stereocenters. The van der Waals surface area contributed by atoms with E-state index in [1.165, 1.54) is 32.4 Å². The third-order valence-corrected chi connectivity index (χ3v) is 6.53. The van der Waals surface area contributed by atoms with Gasteiger partial charge >= 0.3 is 12.2 Å². The zero-order valence-electron chi connectivity index (χ0n) is 24.4. The summed E-state index contributed by atoms with van der Waals surface area (Å²) in [5.74, 6) is -0.562. The maximum atomic E-state index is 13.3. The average Bonchev–Trinajstić information content (AvgIpc) is 3.31. The molecule has 1 atom stereocenters. The van der Waals surface area contributed by atoms with Crippen molar-refractivity contribution in [1.82, 2.24) is 19.4 Å². The fourth-order valence-electron chi connectivity index (χ4n) is 4.54. The van der Waals surface area contributed by atoms with Gasteiger partial charge in [0.05, 0.1) is 24.9 Å². The molecule has 42 heavy (non-hydrogen) atoms. The normalized spacial score (nSPS) is 12.0. The molecule has 0 saturated heterocycles. The number of rotatable bonds is 11. The van der Waals surface area contributed by atoms with Crippen molar-refractivity contribution in [3.8, 4) is 0 Å². The van der Waals surface area contributed by atoms with Crippen LogP contribution in [0.5, 0.6) is 0 Å². The quantitative estimate of drug-likeness (QED) is 0.293. The molecule has 3 rings (SSSR count). The lowest BCUT2D eigenvalue weighted by molar-refractivity contribution is -0.123. The van der Waals surface area contributed by atoms with E-state index in [-0.39, 0.29) is 24.6 Å². The van der Waals surface area contributed by atoms with Crippen LogP contribution in [0.1, 0.15) is 37.9 Å². The Morgan fingerprint density at radius 1 is 1.12 bits per heavy atom. The maximum absolute atomic E-state index is 13.3. The number of alkyl carbamates (subject to hydrolysis) is 1. The first-order chi connectivity index (χ1) is 19.9. The van der Waals surface area contributed by atoms with Gasteiger partial charge in [0.15, 0.2) is 0 Å². The summed E-state index contributed by atoms with van der Waals surface area (Å²) >= 11 is 0. The molecule has 0 fully saturated rings. The molecular formula is C30H37N5O7. The molecule has 0 radical (unpaired) electrons. The van der Waals surface area contributed by atoms with Gasteiger partial charge in [0.1, 0.15) is 11.7 Å². The van der Waals surface area contributed by atoms with Gasteiger partial charge in [-0.25, -0.2) is 14.2 Å². The van der Waals surface area contributed by atoms with E-state index in [9.17, 15) is 29.1 Å². The smallest absolute Gasteiger partial charge is 0.416 e. The van der Waals surface area contributed by atoms with Crippen molar-refractivity contribution in [2.45, 2.75) is 45.7 Å². The number of para-hydroxylation sites is 1. The second kappa shape index (κ2) is 14.2. The van der Waals surface area contributed by atoms with E-state index < -0.39 is 29.7 Å². The van der Waals surface area contributed by atoms with Gasteiger partial charge in [-0.2, -0.15) is 0 Å². The number of benzene rings is 1. The Morgan fingerprint density at radius 2 is 1.86 bits per heavy atom. The molecule has 0 aliphatic rings. The number of carboxylic acid groups (broad SMARTS) is 1. The largest absolute Gasteiger partial charge is 0.464 e. The topological polar surface area (TPSA) is 152 Å². The Hall–Kier alpha value is -4.87. The first-order valence-corrected chi connectivity index (χ1v) is 13.5. The molecule has 1 aromatic carbocycles. The van der Waals surface area contributed by atoms with E-state index in [1.807, 2.05) is 18.2 Å². The zero-order chi connectivity index (χ0) is 31.0. The summed E-state index contributed by atoms with van der Waals surface area (Å²) < 4.78 is 7.14. The van der Waals surface area contributed by atoms with Gasteiger partial charge < -0.3 is 29.9 Å². The zero-order valence-corrected chi connectivity index (χ0v) is 24.4. The predicted octanol–water partition coefficient (Wildman–Crippen LogP) is 3.66. The number of nitrogens with zero attached hydrogens (tertiary/aromatic N) is 3. The van der Waals surface area contributed by atoms with Crippen LogP contribution >= 0.6 is 0 Å².